The zero-order valence-corrected chi connectivity index (χ0v) is 14.8. The third-order valence-corrected chi connectivity index (χ3v) is 6.50. The monoisotopic (exact) mass is 318 g/mol. The Morgan fingerprint density at radius 2 is 1.71 bits per heavy atom. The number of hydrogen-bond donors (Lipinski definition) is 1. The van der Waals surface area contributed by atoms with Crippen LogP contribution in [0.3, 0.4) is 0 Å². The van der Waals surface area contributed by atoms with E-state index in [-0.39, 0.29) is 28.7 Å². The number of nitrogens with one attached hydrogen (secondary N) is 1. The second-order valence-corrected chi connectivity index (χ2v) is 9.71. The van der Waals surface area contributed by atoms with Gasteiger partial charge in [-0.3, -0.25) is 0 Å². The average molecular weight is 318 g/mol. The summed E-state index contributed by atoms with van der Waals surface area (Å²) in [6.07, 6.45) is 0. The van der Waals surface area contributed by atoms with Gasteiger partial charge in [-0.05, 0) is 34.2 Å². The van der Waals surface area contributed by atoms with E-state index in [1.807, 2.05) is 0 Å². The molecule has 0 spiro atoms. The van der Waals surface area contributed by atoms with Crippen molar-refractivity contribution in [2.24, 2.45) is 5.92 Å². The van der Waals surface area contributed by atoms with Crippen LogP contribution in [0.15, 0.2) is 0 Å². The van der Waals surface area contributed by atoms with E-state index in [4.69, 9.17) is 4.74 Å². The van der Waals surface area contributed by atoms with E-state index in [1.54, 1.807) is 0 Å². The van der Waals surface area contributed by atoms with Gasteiger partial charge in [-0.15, -0.1) is 0 Å². The lowest BCUT2D eigenvalue weighted by Crippen LogP contribution is -2.52. The summed E-state index contributed by atoms with van der Waals surface area (Å²) in [6.45, 7) is 13.8. The topological polar surface area (TPSA) is 58.6 Å². The van der Waals surface area contributed by atoms with Gasteiger partial charge in [-0.25, -0.2) is 8.42 Å². The first-order valence-corrected chi connectivity index (χ1v) is 9.76. The van der Waals surface area contributed by atoms with Crippen molar-refractivity contribution in [2.45, 2.75) is 51.9 Å². The van der Waals surface area contributed by atoms with Crippen molar-refractivity contribution in [1.29, 1.82) is 0 Å². The van der Waals surface area contributed by atoms with Crippen molar-refractivity contribution >= 4 is 9.84 Å². The van der Waals surface area contributed by atoms with Crippen LogP contribution in [0.25, 0.3) is 0 Å². The van der Waals surface area contributed by atoms with E-state index in [0.717, 1.165) is 13.1 Å². The summed E-state index contributed by atoms with van der Waals surface area (Å²) in [7, 11) is -2.81. The molecule has 2 heterocycles. The molecule has 0 aliphatic carbocycles. The first kappa shape index (κ1) is 17.2. The maximum atomic E-state index is 11.6. The summed E-state index contributed by atoms with van der Waals surface area (Å²) in [4.78, 5) is 2.28. The zero-order valence-electron chi connectivity index (χ0n) is 14.0. The number of hydrogen-bond acceptors (Lipinski definition) is 5. The van der Waals surface area contributed by atoms with E-state index in [2.05, 4.69) is 44.8 Å². The predicted octanol–water partition coefficient (Wildman–Crippen LogP) is 0.899. The van der Waals surface area contributed by atoms with Crippen LogP contribution in [0, 0.1) is 5.92 Å². The molecule has 0 bridgehead atoms. The number of sulfone groups is 1. The Labute approximate surface area is 129 Å². The molecule has 0 saturated carbocycles. The molecule has 2 saturated heterocycles. The van der Waals surface area contributed by atoms with E-state index in [9.17, 15) is 8.42 Å². The summed E-state index contributed by atoms with van der Waals surface area (Å²) < 4.78 is 29.4. The van der Waals surface area contributed by atoms with Crippen LogP contribution in [0.1, 0.15) is 34.6 Å². The summed E-state index contributed by atoms with van der Waals surface area (Å²) in [5.41, 5.74) is -0.404. The van der Waals surface area contributed by atoms with Gasteiger partial charge in [0.15, 0.2) is 9.84 Å². The molecule has 0 aromatic carbocycles. The Hall–Kier alpha value is -0.170. The van der Waals surface area contributed by atoms with Crippen molar-refractivity contribution in [2.75, 3.05) is 37.7 Å². The molecule has 21 heavy (non-hydrogen) atoms. The average Bonchev–Trinajstić information content (AvgIpc) is 2.50. The Morgan fingerprint density at radius 3 is 2.24 bits per heavy atom. The number of rotatable bonds is 4. The quantitative estimate of drug-likeness (QED) is 0.834. The highest BCUT2D eigenvalue weighted by atomic mass is 32.2. The van der Waals surface area contributed by atoms with Gasteiger partial charge in [-0.2, -0.15) is 0 Å². The van der Waals surface area contributed by atoms with Gasteiger partial charge in [0.1, 0.15) is 0 Å². The Kier molecular flexibility index (Phi) is 4.74. The van der Waals surface area contributed by atoms with Gasteiger partial charge in [0.2, 0.25) is 0 Å². The fraction of sp³-hybridized carbons (Fsp3) is 1.00. The van der Waals surface area contributed by atoms with Crippen molar-refractivity contribution in [3.8, 4) is 0 Å². The maximum Gasteiger partial charge on any atom is 0.152 e. The summed E-state index contributed by atoms with van der Waals surface area (Å²) in [6, 6.07) is 0.288. The Balaban J connectivity index is 2.09. The van der Waals surface area contributed by atoms with E-state index >= 15 is 0 Å². The van der Waals surface area contributed by atoms with E-state index < -0.39 is 9.84 Å². The smallest absolute Gasteiger partial charge is 0.152 e. The normalized spacial score (nSPS) is 34.9. The highest BCUT2D eigenvalue weighted by molar-refractivity contribution is 7.91. The number of nitrogens with zero attached hydrogens (tertiary/aromatic N) is 1. The summed E-state index contributed by atoms with van der Waals surface area (Å²) in [5, 5.41) is 3.58. The molecule has 2 fully saturated rings. The predicted molar refractivity (Wildman–Crippen MR) is 85.3 cm³/mol. The molecule has 124 valence electrons. The molecule has 2 aliphatic heterocycles. The van der Waals surface area contributed by atoms with Crippen LogP contribution in [0.4, 0.5) is 0 Å². The first-order chi connectivity index (χ1) is 9.57. The van der Waals surface area contributed by atoms with E-state index in [0.29, 0.717) is 19.0 Å². The number of likely N-dealkylation sites (N-methyl/N-ethyl adjacent to an activating group) is 1. The molecule has 2 atom stereocenters. The minimum absolute atomic E-state index is 0.202. The molecule has 0 amide bonds. The lowest BCUT2D eigenvalue weighted by Gasteiger charge is -2.36. The molecule has 6 heteroatoms. The number of ether oxygens (including phenoxy) is 1. The lowest BCUT2D eigenvalue weighted by atomic mass is 9.82. The van der Waals surface area contributed by atoms with Gasteiger partial charge >= 0.3 is 0 Å². The first-order valence-electron chi connectivity index (χ1n) is 7.94. The molecule has 2 unspecified atom stereocenters. The van der Waals surface area contributed by atoms with Gasteiger partial charge < -0.3 is 15.0 Å². The van der Waals surface area contributed by atoms with Crippen LogP contribution < -0.4 is 5.32 Å². The van der Waals surface area contributed by atoms with Gasteiger partial charge in [-0.1, -0.05) is 6.92 Å². The minimum Gasteiger partial charge on any atom is -0.368 e. The van der Waals surface area contributed by atoms with Gasteiger partial charge in [0.25, 0.3) is 0 Å². The molecule has 0 aromatic heterocycles. The molecule has 1 N–H and O–H groups in total. The van der Waals surface area contributed by atoms with Crippen LogP contribution >= 0.6 is 0 Å². The molecule has 5 nitrogen and oxygen atoms in total. The van der Waals surface area contributed by atoms with Gasteiger partial charge in [0, 0.05) is 31.6 Å². The van der Waals surface area contributed by atoms with Crippen LogP contribution in [-0.2, 0) is 14.6 Å². The zero-order chi connectivity index (χ0) is 15.9. The molecule has 2 aliphatic rings. The molecule has 0 radical (unpaired) electrons. The van der Waals surface area contributed by atoms with Crippen molar-refractivity contribution in [3.63, 3.8) is 0 Å². The van der Waals surface area contributed by atoms with Crippen molar-refractivity contribution in [3.05, 3.63) is 0 Å². The lowest BCUT2D eigenvalue weighted by molar-refractivity contribution is -0.0794. The standard InChI is InChI=1S/C15H30N2O3S/c1-6-16-13-12(14(2,3)20-15(13,4)5)11-17-7-9-21(18,19)10-8-17/h12-13,16H,6-11H2,1-5H3. The fourth-order valence-corrected chi connectivity index (χ4v) is 5.12. The Bertz CT molecular complexity index is 459. The third-order valence-electron chi connectivity index (χ3n) is 4.89. The molecular formula is C15H30N2O3S. The highest BCUT2D eigenvalue weighted by Gasteiger charge is 2.53. The van der Waals surface area contributed by atoms with Crippen LogP contribution in [0.2, 0.25) is 0 Å². The van der Waals surface area contributed by atoms with E-state index in [1.165, 1.54) is 0 Å². The van der Waals surface area contributed by atoms with Crippen LogP contribution in [0.5, 0.6) is 0 Å². The largest absolute Gasteiger partial charge is 0.368 e. The maximum absolute atomic E-state index is 11.6. The second-order valence-electron chi connectivity index (χ2n) is 7.40. The van der Waals surface area contributed by atoms with Crippen LogP contribution in [-0.4, -0.2) is 68.2 Å². The van der Waals surface area contributed by atoms with Crippen molar-refractivity contribution in [1.82, 2.24) is 10.2 Å². The SMILES string of the molecule is CCNC1C(CN2CCS(=O)(=O)CC2)C(C)(C)OC1(C)C. The van der Waals surface area contributed by atoms with Crippen molar-refractivity contribution < 1.29 is 13.2 Å². The van der Waals surface area contributed by atoms with Gasteiger partial charge in [0.05, 0.1) is 22.7 Å². The molecule has 0 aromatic rings. The molecule has 2 rings (SSSR count). The fourth-order valence-electron chi connectivity index (χ4n) is 3.85. The third kappa shape index (κ3) is 3.78. The minimum atomic E-state index is -2.81. The molecular weight excluding hydrogens is 288 g/mol. The highest BCUT2D eigenvalue weighted by Crippen LogP contribution is 2.42. The summed E-state index contributed by atoms with van der Waals surface area (Å²) in [5.74, 6) is 0.931. The second kappa shape index (κ2) is 5.80. The summed E-state index contributed by atoms with van der Waals surface area (Å²) >= 11 is 0. The Morgan fingerprint density at radius 1 is 1.14 bits per heavy atom.